The van der Waals surface area contributed by atoms with Crippen LogP contribution < -0.4 is 10.6 Å². The molecular weight excluding hydrogens is 436 g/mol. The lowest BCUT2D eigenvalue weighted by atomic mass is 10.1. The Balaban J connectivity index is 0.00000117. The first-order chi connectivity index (χ1) is 14.1. The molecule has 0 aromatic carbocycles. The number of alkyl halides is 1. The summed E-state index contributed by atoms with van der Waals surface area (Å²) in [6.45, 7) is 5.75. The summed E-state index contributed by atoms with van der Waals surface area (Å²) in [7, 11) is 0. The summed E-state index contributed by atoms with van der Waals surface area (Å²) in [6.07, 6.45) is 1.79. The summed E-state index contributed by atoms with van der Waals surface area (Å²) >= 11 is 14.0. The minimum Gasteiger partial charge on any atom is -0.380 e. The third-order valence-electron chi connectivity index (χ3n) is 4.38. The summed E-state index contributed by atoms with van der Waals surface area (Å²) < 4.78 is 21.9. The standard InChI is InChI=1S/C17H18Cl2FN5OS.C2H6/c18-12-8-25(17(20)22-10-3-1-5-26-9-10)14-13(12)23-16(19)24-15(14)21-7-11-4-2-6-27-11;1-2/h2,4,6,8,10,17,22H,1,3,5,7,9H2,(H,21,23,24);1-2H3. The molecule has 1 saturated heterocycles. The molecule has 0 saturated carbocycles. The molecule has 3 aromatic heterocycles. The van der Waals surface area contributed by atoms with Gasteiger partial charge in [0.2, 0.25) is 11.7 Å². The van der Waals surface area contributed by atoms with Crippen LogP contribution in [0, 0.1) is 0 Å². The van der Waals surface area contributed by atoms with Crippen molar-refractivity contribution in [3.05, 3.63) is 38.9 Å². The lowest BCUT2D eigenvalue weighted by Gasteiger charge is -2.26. The molecule has 1 aliphatic rings. The van der Waals surface area contributed by atoms with Crippen molar-refractivity contribution in [3.8, 4) is 0 Å². The first kappa shape index (κ1) is 22.2. The zero-order valence-corrected chi connectivity index (χ0v) is 18.6. The highest BCUT2D eigenvalue weighted by Crippen LogP contribution is 2.33. The molecular formula is C19H24Cl2FN5OS. The van der Waals surface area contributed by atoms with E-state index in [-0.39, 0.29) is 11.3 Å². The molecule has 4 rings (SSSR count). The number of thiophene rings is 1. The van der Waals surface area contributed by atoms with Crippen molar-refractivity contribution >= 4 is 51.4 Å². The van der Waals surface area contributed by atoms with Crippen molar-refractivity contribution in [1.82, 2.24) is 19.9 Å². The first-order valence-electron chi connectivity index (χ1n) is 9.59. The molecule has 29 heavy (non-hydrogen) atoms. The zero-order valence-electron chi connectivity index (χ0n) is 16.3. The Morgan fingerprint density at radius 1 is 1.38 bits per heavy atom. The van der Waals surface area contributed by atoms with E-state index in [0.717, 1.165) is 24.3 Å². The maximum atomic E-state index is 15.1. The molecule has 0 spiro atoms. The van der Waals surface area contributed by atoms with E-state index >= 15 is 4.39 Å². The van der Waals surface area contributed by atoms with Crippen molar-refractivity contribution < 1.29 is 9.13 Å². The fourth-order valence-electron chi connectivity index (χ4n) is 3.12. The van der Waals surface area contributed by atoms with Crippen molar-refractivity contribution in [3.63, 3.8) is 0 Å². The van der Waals surface area contributed by atoms with Crippen molar-refractivity contribution in [2.75, 3.05) is 18.5 Å². The van der Waals surface area contributed by atoms with Gasteiger partial charge < -0.3 is 10.1 Å². The summed E-state index contributed by atoms with van der Waals surface area (Å²) in [5, 5.41) is 8.54. The fraction of sp³-hybridized carbons (Fsp3) is 0.474. The van der Waals surface area contributed by atoms with E-state index in [4.69, 9.17) is 27.9 Å². The van der Waals surface area contributed by atoms with Gasteiger partial charge in [-0.05, 0) is 35.9 Å². The SMILES string of the molecule is CC.FC(NC1CCCOC1)n1cc(Cl)c2nc(Cl)nc(NCc3cccs3)c21. The van der Waals surface area contributed by atoms with Crippen LogP contribution in [0.2, 0.25) is 10.3 Å². The third kappa shape index (κ3) is 5.38. The third-order valence-corrected chi connectivity index (χ3v) is 5.70. The molecule has 158 valence electrons. The van der Waals surface area contributed by atoms with Crippen molar-refractivity contribution in [2.24, 2.45) is 0 Å². The van der Waals surface area contributed by atoms with Crippen molar-refractivity contribution in [2.45, 2.75) is 45.7 Å². The molecule has 2 atom stereocenters. The predicted molar refractivity (Wildman–Crippen MR) is 118 cm³/mol. The van der Waals surface area contributed by atoms with E-state index < -0.39 is 6.42 Å². The molecule has 4 heterocycles. The molecule has 2 unspecified atom stereocenters. The highest BCUT2D eigenvalue weighted by atomic mass is 35.5. The number of fused-ring (bicyclic) bond motifs is 1. The molecule has 0 aliphatic carbocycles. The van der Waals surface area contributed by atoms with Crippen LogP contribution in [0.15, 0.2) is 23.7 Å². The van der Waals surface area contributed by atoms with Gasteiger partial charge in [-0.25, -0.2) is 9.37 Å². The van der Waals surface area contributed by atoms with Gasteiger partial charge in [-0.1, -0.05) is 31.5 Å². The number of hydrogen-bond donors (Lipinski definition) is 2. The first-order valence-corrected chi connectivity index (χ1v) is 11.2. The molecule has 0 amide bonds. The van der Waals surface area contributed by atoms with E-state index in [1.807, 2.05) is 31.4 Å². The number of anilines is 1. The van der Waals surface area contributed by atoms with Gasteiger partial charge in [0.05, 0.1) is 18.2 Å². The second kappa shape index (κ2) is 10.5. The average molecular weight is 460 g/mol. The monoisotopic (exact) mass is 459 g/mol. The average Bonchev–Trinajstić information content (AvgIpc) is 3.37. The van der Waals surface area contributed by atoms with Crippen molar-refractivity contribution in [1.29, 1.82) is 0 Å². The molecule has 2 N–H and O–H groups in total. The Kier molecular flexibility index (Phi) is 8.08. The van der Waals surface area contributed by atoms with Crippen LogP contribution in [0.25, 0.3) is 11.0 Å². The Bertz CT molecular complexity index is 915. The maximum absolute atomic E-state index is 15.1. The highest BCUT2D eigenvalue weighted by Gasteiger charge is 2.24. The Labute approximate surface area is 183 Å². The Hall–Kier alpha value is -1.45. The van der Waals surface area contributed by atoms with Gasteiger partial charge in [0.25, 0.3) is 0 Å². The largest absolute Gasteiger partial charge is 0.380 e. The summed E-state index contributed by atoms with van der Waals surface area (Å²) in [5.41, 5.74) is 0.882. The van der Waals surface area contributed by atoms with Crippen LogP contribution >= 0.6 is 34.5 Å². The summed E-state index contributed by atoms with van der Waals surface area (Å²) in [4.78, 5) is 9.55. The van der Waals surface area contributed by atoms with E-state index in [0.29, 0.717) is 35.0 Å². The Morgan fingerprint density at radius 3 is 2.90 bits per heavy atom. The lowest BCUT2D eigenvalue weighted by Crippen LogP contribution is -2.39. The van der Waals surface area contributed by atoms with E-state index in [2.05, 4.69) is 20.6 Å². The molecule has 0 bridgehead atoms. The fourth-order valence-corrected chi connectivity index (χ4v) is 4.17. The molecule has 6 nitrogen and oxygen atoms in total. The van der Waals surface area contributed by atoms with Gasteiger partial charge >= 0.3 is 0 Å². The van der Waals surface area contributed by atoms with Gasteiger partial charge in [-0.2, -0.15) is 4.98 Å². The van der Waals surface area contributed by atoms with Crippen LogP contribution in [-0.2, 0) is 11.3 Å². The van der Waals surface area contributed by atoms with Gasteiger partial charge in [0, 0.05) is 23.7 Å². The topological polar surface area (TPSA) is 64.0 Å². The second-order valence-corrected chi connectivity index (χ2v) is 8.05. The highest BCUT2D eigenvalue weighted by molar-refractivity contribution is 7.09. The number of nitrogens with zero attached hydrogens (tertiary/aromatic N) is 3. The number of hydrogen-bond acceptors (Lipinski definition) is 6. The Morgan fingerprint density at radius 2 is 2.21 bits per heavy atom. The van der Waals surface area contributed by atoms with E-state index in [1.165, 1.54) is 10.8 Å². The zero-order chi connectivity index (χ0) is 20.8. The second-order valence-electron chi connectivity index (χ2n) is 6.27. The summed E-state index contributed by atoms with van der Waals surface area (Å²) in [6, 6.07) is 3.92. The number of rotatable bonds is 6. The minimum atomic E-state index is -1.49. The molecule has 0 radical (unpaired) electrons. The quantitative estimate of drug-likeness (QED) is 0.369. The van der Waals surface area contributed by atoms with Crippen LogP contribution in [0.5, 0.6) is 0 Å². The number of nitrogens with one attached hydrogen (secondary N) is 2. The number of aromatic nitrogens is 3. The molecule has 3 aromatic rings. The maximum Gasteiger partial charge on any atom is 0.231 e. The normalized spacial score (nSPS) is 17.6. The van der Waals surface area contributed by atoms with Gasteiger partial charge in [-0.15, -0.1) is 11.3 Å². The van der Waals surface area contributed by atoms with Crippen LogP contribution in [-0.4, -0.2) is 33.8 Å². The molecule has 1 aliphatic heterocycles. The van der Waals surface area contributed by atoms with Crippen LogP contribution in [0.4, 0.5) is 10.2 Å². The van der Waals surface area contributed by atoms with Gasteiger partial charge in [0.15, 0.2) is 5.82 Å². The number of halogens is 3. The predicted octanol–water partition coefficient (Wildman–Crippen LogP) is 5.63. The summed E-state index contributed by atoms with van der Waals surface area (Å²) in [5.74, 6) is 0.439. The van der Waals surface area contributed by atoms with E-state index in [9.17, 15) is 0 Å². The minimum absolute atomic E-state index is 0.0549. The lowest BCUT2D eigenvalue weighted by molar-refractivity contribution is 0.0454. The van der Waals surface area contributed by atoms with Crippen LogP contribution in [0.3, 0.4) is 0 Å². The van der Waals surface area contributed by atoms with Crippen LogP contribution in [0.1, 0.15) is 38.0 Å². The van der Waals surface area contributed by atoms with E-state index in [1.54, 1.807) is 11.3 Å². The van der Waals surface area contributed by atoms with Gasteiger partial charge in [0.1, 0.15) is 11.0 Å². The molecule has 10 heteroatoms. The number of ether oxygens (including phenoxy) is 1. The smallest absolute Gasteiger partial charge is 0.231 e. The van der Waals surface area contributed by atoms with Gasteiger partial charge in [-0.3, -0.25) is 9.88 Å². The molecule has 1 fully saturated rings.